The fourth-order valence-corrected chi connectivity index (χ4v) is 3.47. The van der Waals surface area contributed by atoms with E-state index in [1.54, 1.807) is 4.68 Å². The summed E-state index contributed by atoms with van der Waals surface area (Å²) >= 11 is 0. The number of hydrogen-bond donors (Lipinski definition) is 1. The molecule has 0 atom stereocenters. The van der Waals surface area contributed by atoms with E-state index >= 15 is 0 Å². The molecule has 148 valence electrons. The fourth-order valence-electron chi connectivity index (χ4n) is 3.47. The topological polar surface area (TPSA) is 69.0 Å². The monoisotopic (exact) mass is 388 g/mol. The molecule has 0 unspecified atom stereocenters. The van der Waals surface area contributed by atoms with Crippen LogP contribution < -0.4 is 10.1 Å². The molecule has 6 nitrogen and oxygen atoms in total. The predicted molar refractivity (Wildman–Crippen MR) is 115 cm³/mol. The first-order valence-corrected chi connectivity index (χ1v) is 9.95. The van der Waals surface area contributed by atoms with Crippen LogP contribution in [0.4, 0.5) is 0 Å². The van der Waals surface area contributed by atoms with E-state index in [4.69, 9.17) is 9.84 Å². The van der Waals surface area contributed by atoms with Gasteiger partial charge in [0.25, 0.3) is 0 Å². The Kier molecular flexibility index (Phi) is 5.42. The number of hydrogen-bond acceptors (Lipinski definition) is 4. The highest BCUT2D eigenvalue weighted by Crippen LogP contribution is 2.33. The van der Waals surface area contributed by atoms with Crippen molar-refractivity contribution in [3.8, 4) is 17.0 Å². The van der Waals surface area contributed by atoms with Gasteiger partial charge in [-0.15, -0.1) is 0 Å². The Morgan fingerprint density at radius 3 is 2.69 bits per heavy atom. The Morgan fingerprint density at radius 1 is 1.10 bits per heavy atom. The van der Waals surface area contributed by atoms with E-state index in [0.717, 1.165) is 45.2 Å². The highest BCUT2D eigenvalue weighted by molar-refractivity contribution is 6.08. The third kappa shape index (κ3) is 3.78. The zero-order chi connectivity index (χ0) is 20.2. The lowest BCUT2D eigenvalue weighted by Crippen LogP contribution is -2.28. The normalized spacial score (nSPS) is 11.1. The van der Waals surface area contributed by atoms with Crippen molar-refractivity contribution in [2.45, 2.75) is 26.8 Å². The summed E-state index contributed by atoms with van der Waals surface area (Å²) in [5, 5.41) is 9.58. The summed E-state index contributed by atoms with van der Waals surface area (Å²) in [5.74, 6) is 0.723. The van der Waals surface area contributed by atoms with Crippen molar-refractivity contribution in [1.29, 1.82) is 0 Å². The number of nitrogens with zero attached hydrogens (tertiary/aromatic N) is 3. The van der Waals surface area contributed by atoms with Crippen LogP contribution in [0.2, 0.25) is 0 Å². The van der Waals surface area contributed by atoms with E-state index in [-0.39, 0.29) is 12.5 Å². The number of carbonyl (C=O) groups excluding carboxylic acids is 1. The SMILES string of the molecule is CCCNC(=O)Cn1nc(-c2ccccc2)c2cnc3ccc(OCC)cc3c21. The maximum Gasteiger partial charge on any atom is 0.241 e. The zero-order valence-corrected chi connectivity index (χ0v) is 16.7. The van der Waals surface area contributed by atoms with Gasteiger partial charge in [0.2, 0.25) is 5.91 Å². The summed E-state index contributed by atoms with van der Waals surface area (Å²) in [4.78, 5) is 17.1. The molecule has 29 heavy (non-hydrogen) atoms. The van der Waals surface area contributed by atoms with E-state index in [9.17, 15) is 4.79 Å². The molecule has 0 aliphatic carbocycles. The van der Waals surface area contributed by atoms with Crippen LogP contribution in [0.3, 0.4) is 0 Å². The molecule has 4 rings (SSSR count). The average Bonchev–Trinajstić information content (AvgIpc) is 3.12. The Labute approximate surface area is 169 Å². The van der Waals surface area contributed by atoms with Gasteiger partial charge in [0, 0.05) is 29.1 Å². The van der Waals surface area contributed by atoms with Gasteiger partial charge >= 0.3 is 0 Å². The van der Waals surface area contributed by atoms with Crippen molar-refractivity contribution >= 4 is 27.7 Å². The quantitative estimate of drug-likeness (QED) is 0.516. The molecule has 0 saturated carbocycles. The van der Waals surface area contributed by atoms with Crippen LogP contribution >= 0.6 is 0 Å². The van der Waals surface area contributed by atoms with Crippen LogP contribution in [0.15, 0.2) is 54.7 Å². The molecule has 2 aromatic carbocycles. The van der Waals surface area contributed by atoms with Crippen molar-refractivity contribution in [2.24, 2.45) is 0 Å². The molecule has 0 aliphatic heterocycles. The number of aromatic nitrogens is 3. The summed E-state index contributed by atoms with van der Waals surface area (Å²) < 4.78 is 7.47. The number of pyridine rings is 1. The maximum atomic E-state index is 12.5. The number of nitrogens with one attached hydrogen (secondary N) is 1. The van der Waals surface area contributed by atoms with Gasteiger partial charge in [-0.3, -0.25) is 14.5 Å². The van der Waals surface area contributed by atoms with E-state index in [0.29, 0.717) is 13.2 Å². The first-order valence-electron chi connectivity index (χ1n) is 9.95. The minimum atomic E-state index is -0.0539. The summed E-state index contributed by atoms with van der Waals surface area (Å²) in [5.41, 5.74) is 3.55. The Bertz CT molecular complexity index is 1150. The maximum absolute atomic E-state index is 12.5. The zero-order valence-electron chi connectivity index (χ0n) is 16.7. The van der Waals surface area contributed by atoms with Gasteiger partial charge in [-0.25, -0.2) is 0 Å². The van der Waals surface area contributed by atoms with Crippen molar-refractivity contribution in [1.82, 2.24) is 20.1 Å². The molecule has 2 heterocycles. The second-order valence-corrected chi connectivity index (χ2v) is 6.85. The van der Waals surface area contributed by atoms with Gasteiger partial charge in [0.05, 0.1) is 17.6 Å². The van der Waals surface area contributed by atoms with Gasteiger partial charge in [0.1, 0.15) is 18.0 Å². The van der Waals surface area contributed by atoms with Crippen molar-refractivity contribution in [2.75, 3.05) is 13.2 Å². The van der Waals surface area contributed by atoms with E-state index in [1.807, 2.05) is 68.6 Å². The molecule has 4 aromatic rings. The smallest absolute Gasteiger partial charge is 0.241 e. The number of rotatable bonds is 7. The predicted octanol–water partition coefficient (Wildman–Crippen LogP) is 4.18. The summed E-state index contributed by atoms with van der Waals surface area (Å²) in [6, 6.07) is 15.8. The molecule has 0 aliphatic rings. The van der Waals surface area contributed by atoms with Crippen LogP contribution in [-0.2, 0) is 11.3 Å². The number of ether oxygens (including phenoxy) is 1. The van der Waals surface area contributed by atoms with Gasteiger partial charge in [-0.1, -0.05) is 37.3 Å². The van der Waals surface area contributed by atoms with Gasteiger partial charge in [0.15, 0.2) is 0 Å². The van der Waals surface area contributed by atoms with Crippen LogP contribution in [0.5, 0.6) is 5.75 Å². The molecule has 0 bridgehead atoms. The Balaban J connectivity index is 1.92. The van der Waals surface area contributed by atoms with Gasteiger partial charge in [-0.2, -0.15) is 5.10 Å². The third-order valence-corrected chi connectivity index (χ3v) is 4.77. The van der Waals surface area contributed by atoms with Crippen LogP contribution in [0.1, 0.15) is 20.3 Å². The standard InChI is InChI=1S/C23H24N4O2/c1-3-12-24-21(28)15-27-23-18-13-17(29-4-2)10-11-20(18)25-14-19(23)22(26-27)16-8-6-5-7-9-16/h5-11,13-14H,3-4,12,15H2,1-2H3,(H,24,28). The van der Waals surface area contributed by atoms with E-state index < -0.39 is 0 Å². The number of benzene rings is 2. The molecule has 1 amide bonds. The van der Waals surface area contributed by atoms with Crippen LogP contribution in [0, 0.1) is 0 Å². The molecule has 6 heteroatoms. The molecule has 0 saturated heterocycles. The summed E-state index contributed by atoms with van der Waals surface area (Å²) in [6.07, 6.45) is 2.74. The average molecular weight is 388 g/mol. The van der Waals surface area contributed by atoms with Crippen LogP contribution in [0.25, 0.3) is 33.1 Å². The Hall–Kier alpha value is -3.41. The van der Waals surface area contributed by atoms with Crippen molar-refractivity contribution in [3.63, 3.8) is 0 Å². The largest absolute Gasteiger partial charge is 0.494 e. The molecular weight excluding hydrogens is 364 g/mol. The Morgan fingerprint density at radius 2 is 1.93 bits per heavy atom. The lowest BCUT2D eigenvalue weighted by Gasteiger charge is -2.08. The summed E-state index contributed by atoms with van der Waals surface area (Å²) in [7, 11) is 0. The third-order valence-electron chi connectivity index (χ3n) is 4.77. The first-order chi connectivity index (χ1) is 14.2. The molecule has 0 spiro atoms. The molecule has 0 radical (unpaired) electrons. The summed E-state index contributed by atoms with van der Waals surface area (Å²) in [6.45, 7) is 5.38. The lowest BCUT2D eigenvalue weighted by molar-refractivity contribution is -0.121. The number of carbonyl (C=O) groups is 1. The lowest BCUT2D eigenvalue weighted by atomic mass is 10.1. The first kappa shape index (κ1) is 18.9. The fraction of sp³-hybridized carbons (Fsp3) is 0.261. The molecule has 1 N–H and O–H groups in total. The molecular formula is C23H24N4O2. The van der Waals surface area contributed by atoms with Crippen molar-refractivity contribution < 1.29 is 9.53 Å². The van der Waals surface area contributed by atoms with E-state index in [1.165, 1.54) is 0 Å². The highest BCUT2D eigenvalue weighted by atomic mass is 16.5. The molecule has 0 fully saturated rings. The number of fused-ring (bicyclic) bond motifs is 3. The van der Waals surface area contributed by atoms with Crippen molar-refractivity contribution in [3.05, 3.63) is 54.7 Å². The second-order valence-electron chi connectivity index (χ2n) is 6.85. The second kappa shape index (κ2) is 8.31. The highest BCUT2D eigenvalue weighted by Gasteiger charge is 2.18. The van der Waals surface area contributed by atoms with Gasteiger partial charge < -0.3 is 10.1 Å². The molecule has 2 aromatic heterocycles. The van der Waals surface area contributed by atoms with Gasteiger partial charge in [-0.05, 0) is 31.5 Å². The minimum absolute atomic E-state index is 0.0539. The van der Waals surface area contributed by atoms with Crippen LogP contribution in [-0.4, -0.2) is 33.8 Å². The minimum Gasteiger partial charge on any atom is -0.494 e. The van der Waals surface area contributed by atoms with E-state index in [2.05, 4.69) is 10.3 Å². The number of amides is 1.